The van der Waals surface area contributed by atoms with Crippen LogP contribution in [0.3, 0.4) is 0 Å². The van der Waals surface area contributed by atoms with Gasteiger partial charge in [-0.1, -0.05) is 24.3 Å². The lowest BCUT2D eigenvalue weighted by Gasteiger charge is -2.30. The Morgan fingerprint density at radius 2 is 2.11 bits per heavy atom. The molecule has 1 aliphatic carbocycles. The predicted octanol–water partition coefficient (Wildman–Crippen LogP) is 1.44. The highest BCUT2D eigenvalue weighted by molar-refractivity contribution is 5.93. The Hall–Kier alpha value is -2.36. The number of rotatable bonds is 3. The van der Waals surface area contributed by atoms with E-state index in [4.69, 9.17) is 0 Å². The van der Waals surface area contributed by atoms with E-state index < -0.39 is 0 Å². The average molecular weight is 254 g/mol. The zero-order valence-corrected chi connectivity index (χ0v) is 10.3. The smallest absolute Gasteiger partial charge is 0.252 e. The summed E-state index contributed by atoms with van der Waals surface area (Å²) in [5, 5.41) is 2.90. The van der Waals surface area contributed by atoms with Crippen LogP contribution in [-0.4, -0.2) is 17.4 Å². The van der Waals surface area contributed by atoms with E-state index in [0.29, 0.717) is 18.0 Å². The molecule has 4 nitrogen and oxygen atoms in total. The number of benzene rings is 1. The molecule has 96 valence electrons. The van der Waals surface area contributed by atoms with Crippen molar-refractivity contribution in [1.82, 2.24) is 10.3 Å². The number of H-pyrrole nitrogens is 1. The number of aromatic nitrogens is 1. The van der Waals surface area contributed by atoms with Gasteiger partial charge in [0, 0.05) is 24.7 Å². The second kappa shape index (κ2) is 4.72. The quantitative estimate of drug-likeness (QED) is 0.870. The summed E-state index contributed by atoms with van der Waals surface area (Å²) < 4.78 is 0. The Labute approximate surface area is 110 Å². The van der Waals surface area contributed by atoms with Crippen LogP contribution in [0.25, 0.3) is 0 Å². The van der Waals surface area contributed by atoms with Crippen LogP contribution in [0.4, 0.5) is 0 Å². The molecule has 0 bridgehead atoms. The summed E-state index contributed by atoms with van der Waals surface area (Å²) in [4.78, 5) is 25.3. The third kappa shape index (κ3) is 2.29. The normalized spacial score (nSPS) is 16.3. The van der Waals surface area contributed by atoms with Gasteiger partial charge in [0.2, 0.25) is 5.56 Å². The maximum Gasteiger partial charge on any atom is 0.252 e. The number of nitrogens with one attached hydrogen (secondary N) is 2. The average Bonchev–Trinajstić information content (AvgIpc) is 2.40. The summed E-state index contributed by atoms with van der Waals surface area (Å²) in [5.74, 6) is 0.253. The van der Waals surface area contributed by atoms with Crippen LogP contribution in [0.15, 0.2) is 47.4 Å². The topological polar surface area (TPSA) is 62.0 Å². The summed E-state index contributed by atoms with van der Waals surface area (Å²) in [6.07, 6.45) is 2.45. The molecule has 1 aliphatic rings. The molecule has 0 fully saturated rings. The SMILES string of the molecule is O=C(NCC1Cc2ccccc21)c1ccc(=O)[nH]c1. The van der Waals surface area contributed by atoms with Crippen molar-refractivity contribution >= 4 is 5.91 Å². The molecule has 3 rings (SSSR count). The Morgan fingerprint density at radius 1 is 1.26 bits per heavy atom. The van der Waals surface area contributed by atoms with E-state index in [1.807, 2.05) is 12.1 Å². The van der Waals surface area contributed by atoms with Gasteiger partial charge < -0.3 is 10.3 Å². The highest BCUT2D eigenvalue weighted by atomic mass is 16.1. The molecule has 1 aromatic heterocycles. The second-order valence-electron chi connectivity index (χ2n) is 4.75. The lowest BCUT2D eigenvalue weighted by molar-refractivity contribution is 0.0949. The largest absolute Gasteiger partial charge is 0.351 e. The zero-order chi connectivity index (χ0) is 13.2. The Morgan fingerprint density at radius 3 is 2.84 bits per heavy atom. The number of fused-ring (bicyclic) bond motifs is 1. The van der Waals surface area contributed by atoms with Gasteiger partial charge in [-0.15, -0.1) is 0 Å². The third-order valence-electron chi connectivity index (χ3n) is 3.52. The summed E-state index contributed by atoms with van der Waals surface area (Å²) in [6, 6.07) is 11.2. The molecule has 19 heavy (non-hydrogen) atoms. The number of pyridine rings is 1. The number of carbonyl (C=O) groups is 1. The van der Waals surface area contributed by atoms with Gasteiger partial charge in [0.15, 0.2) is 0 Å². The number of hydrogen-bond acceptors (Lipinski definition) is 2. The van der Waals surface area contributed by atoms with Crippen molar-refractivity contribution in [3.63, 3.8) is 0 Å². The molecule has 2 aromatic rings. The van der Waals surface area contributed by atoms with Gasteiger partial charge in [-0.25, -0.2) is 0 Å². The van der Waals surface area contributed by atoms with E-state index in [1.165, 1.54) is 29.5 Å². The van der Waals surface area contributed by atoms with E-state index in [-0.39, 0.29) is 11.5 Å². The van der Waals surface area contributed by atoms with E-state index >= 15 is 0 Å². The summed E-state index contributed by atoms with van der Waals surface area (Å²) in [7, 11) is 0. The highest BCUT2D eigenvalue weighted by Gasteiger charge is 2.25. The van der Waals surface area contributed by atoms with Crippen molar-refractivity contribution in [2.45, 2.75) is 12.3 Å². The van der Waals surface area contributed by atoms with Crippen molar-refractivity contribution < 1.29 is 4.79 Å². The lowest BCUT2D eigenvalue weighted by atomic mass is 9.77. The van der Waals surface area contributed by atoms with Gasteiger partial charge in [-0.2, -0.15) is 0 Å². The van der Waals surface area contributed by atoms with Gasteiger partial charge in [0.25, 0.3) is 5.91 Å². The van der Waals surface area contributed by atoms with Gasteiger partial charge in [0.1, 0.15) is 0 Å². The first-order chi connectivity index (χ1) is 9.24. The monoisotopic (exact) mass is 254 g/mol. The van der Waals surface area contributed by atoms with Gasteiger partial charge >= 0.3 is 0 Å². The van der Waals surface area contributed by atoms with Crippen molar-refractivity contribution in [2.24, 2.45) is 0 Å². The Kier molecular flexibility index (Phi) is 2.91. The second-order valence-corrected chi connectivity index (χ2v) is 4.75. The fourth-order valence-electron chi connectivity index (χ4n) is 2.41. The molecule has 1 heterocycles. The molecule has 1 amide bonds. The fraction of sp³-hybridized carbons (Fsp3) is 0.200. The van der Waals surface area contributed by atoms with Crippen molar-refractivity contribution in [3.8, 4) is 0 Å². The first kappa shape index (κ1) is 11.7. The molecule has 1 atom stereocenters. The number of aromatic amines is 1. The minimum atomic E-state index is -0.204. The fourth-order valence-corrected chi connectivity index (χ4v) is 2.41. The molecule has 1 unspecified atom stereocenters. The molecule has 0 radical (unpaired) electrons. The Bertz CT molecular complexity index is 655. The maximum absolute atomic E-state index is 11.9. The lowest BCUT2D eigenvalue weighted by Crippen LogP contribution is -2.33. The maximum atomic E-state index is 11.9. The molecule has 0 saturated carbocycles. The van der Waals surface area contributed by atoms with Crippen LogP contribution >= 0.6 is 0 Å². The standard InChI is InChI=1S/C15H14N2O2/c18-14-6-5-11(8-16-14)15(19)17-9-12-7-10-3-1-2-4-13(10)12/h1-6,8,12H,7,9H2,(H,16,18)(H,17,19). The molecule has 1 aromatic carbocycles. The molecular weight excluding hydrogens is 240 g/mol. The van der Waals surface area contributed by atoms with Crippen LogP contribution in [0.2, 0.25) is 0 Å². The molecule has 0 spiro atoms. The Balaban J connectivity index is 1.61. The summed E-state index contributed by atoms with van der Waals surface area (Å²) >= 11 is 0. The summed E-state index contributed by atoms with van der Waals surface area (Å²) in [6.45, 7) is 0.634. The van der Waals surface area contributed by atoms with E-state index in [0.717, 1.165) is 6.42 Å². The first-order valence-electron chi connectivity index (χ1n) is 6.29. The van der Waals surface area contributed by atoms with Crippen molar-refractivity contribution in [3.05, 3.63) is 69.6 Å². The van der Waals surface area contributed by atoms with E-state index in [1.54, 1.807) is 0 Å². The van der Waals surface area contributed by atoms with Crippen LogP contribution < -0.4 is 10.9 Å². The van der Waals surface area contributed by atoms with Crippen molar-refractivity contribution in [2.75, 3.05) is 6.54 Å². The van der Waals surface area contributed by atoms with E-state index in [9.17, 15) is 9.59 Å². The van der Waals surface area contributed by atoms with Crippen LogP contribution in [-0.2, 0) is 6.42 Å². The third-order valence-corrected chi connectivity index (χ3v) is 3.52. The van der Waals surface area contributed by atoms with Gasteiger partial charge in [-0.3, -0.25) is 9.59 Å². The predicted molar refractivity (Wildman–Crippen MR) is 72.3 cm³/mol. The van der Waals surface area contributed by atoms with Crippen molar-refractivity contribution in [1.29, 1.82) is 0 Å². The number of amides is 1. The molecule has 0 saturated heterocycles. The number of hydrogen-bond donors (Lipinski definition) is 2. The molecule has 0 aliphatic heterocycles. The summed E-state index contributed by atoms with van der Waals surface area (Å²) in [5.41, 5.74) is 2.96. The minimum absolute atomic E-state index is 0.152. The molecule has 2 N–H and O–H groups in total. The van der Waals surface area contributed by atoms with Crippen LogP contribution in [0.1, 0.15) is 27.4 Å². The molecular formula is C15H14N2O2. The minimum Gasteiger partial charge on any atom is -0.351 e. The van der Waals surface area contributed by atoms with Gasteiger partial charge in [-0.05, 0) is 23.6 Å². The van der Waals surface area contributed by atoms with Crippen LogP contribution in [0, 0.1) is 0 Å². The highest BCUT2D eigenvalue weighted by Crippen LogP contribution is 2.33. The zero-order valence-electron chi connectivity index (χ0n) is 10.3. The molecule has 4 heteroatoms. The van der Waals surface area contributed by atoms with Crippen LogP contribution in [0.5, 0.6) is 0 Å². The van der Waals surface area contributed by atoms with Gasteiger partial charge in [0.05, 0.1) is 5.56 Å². The first-order valence-corrected chi connectivity index (χ1v) is 6.29. The van der Waals surface area contributed by atoms with E-state index in [2.05, 4.69) is 22.4 Å². The number of carbonyl (C=O) groups excluding carboxylic acids is 1.